The second kappa shape index (κ2) is 8.74. The lowest BCUT2D eigenvalue weighted by Crippen LogP contribution is -2.44. The van der Waals surface area contributed by atoms with E-state index in [-0.39, 0.29) is 40.4 Å². The number of nitrogens with zero attached hydrogens (tertiary/aromatic N) is 4. The molecule has 176 valence electrons. The van der Waals surface area contributed by atoms with Crippen LogP contribution in [-0.4, -0.2) is 75.5 Å². The number of hydrogen-bond donors (Lipinski definition) is 3. The first-order valence-corrected chi connectivity index (χ1v) is 11.6. The zero-order chi connectivity index (χ0) is 23.1. The second-order valence-corrected chi connectivity index (χ2v) is 9.22. The summed E-state index contributed by atoms with van der Waals surface area (Å²) in [7, 11) is 1.33. The number of benzene rings is 1. The van der Waals surface area contributed by atoms with Crippen molar-refractivity contribution in [1.29, 1.82) is 0 Å². The summed E-state index contributed by atoms with van der Waals surface area (Å²) in [6.45, 7) is 1.42. The highest BCUT2D eigenvalue weighted by atomic mass is 19.1. The summed E-state index contributed by atoms with van der Waals surface area (Å²) in [4.78, 5) is 23.3. The Kier molecular flexibility index (Phi) is 5.77. The number of anilines is 1. The number of halogens is 1. The fourth-order valence-electron chi connectivity index (χ4n) is 5.43. The lowest BCUT2D eigenvalue weighted by molar-refractivity contribution is -0.450. The number of ether oxygens (including phenoxy) is 1. The number of methoxy groups -OCH3 is 1. The molecule has 10 heteroatoms. The topological polar surface area (TPSA) is 117 Å². The molecule has 1 saturated carbocycles. The molecule has 3 aliphatic rings. The second-order valence-electron chi connectivity index (χ2n) is 9.22. The number of aromatic hydroxyl groups is 1. The van der Waals surface area contributed by atoms with Gasteiger partial charge >= 0.3 is 5.95 Å². The molecule has 0 bridgehead atoms. The SMILES string of the molecule is COc1cc2c(N)nc([N+]3=CCN(C(=O)C[C@H]4C[C@@H]5CCCC[C@@H]5N4)CC3)nc2c(F)c1O. The van der Waals surface area contributed by atoms with Crippen LogP contribution in [0.3, 0.4) is 0 Å². The third-order valence-electron chi connectivity index (χ3n) is 7.22. The molecule has 5 rings (SSSR count). The van der Waals surface area contributed by atoms with Gasteiger partial charge in [0.2, 0.25) is 17.5 Å². The van der Waals surface area contributed by atoms with Crippen molar-refractivity contribution < 1.29 is 23.6 Å². The lowest BCUT2D eigenvalue weighted by atomic mass is 9.85. The number of phenols is 1. The van der Waals surface area contributed by atoms with Gasteiger partial charge in [-0.05, 0) is 30.2 Å². The quantitative estimate of drug-likeness (QED) is 0.601. The summed E-state index contributed by atoms with van der Waals surface area (Å²) < 4.78 is 21.4. The third-order valence-corrected chi connectivity index (χ3v) is 7.22. The van der Waals surface area contributed by atoms with Crippen molar-refractivity contribution in [3.8, 4) is 11.5 Å². The van der Waals surface area contributed by atoms with Crippen molar-refractivity contribution in [1.82, 2.24) is 20.2 Å². The summed E-state index contributed by atoms with van der Waals surface area (Å²) in [5, 5.41) is 13.9. The van der Waals surface area contributed by atoms with E-state index in [1.807, 2.05) is 11.1 Å². The first-order chi connectivity index (χ1) is 15.9. The molecule has 3 atom stereocenters. The van der Waals surface area contributed by atoms with Crippen molar-refractivity contribution in [3.63, 3.8) is 0 Å². The summed E-state index contributed by atoms with van der Waals surface area (Å²) >= 11 is 0. The zero-order valence-corrected chi connectivity index (χ0v) is 18.8. The predicted molar refractivity (Wildman–Crippen MR) is 121 cm³/mol. The van der Waals surface area contributed by atoms with Crippen LogP contribution in [0.1, 0.15) is 38.5 Å². The number of nitrogens with two attached hydrogens (primary N) is 1. The summed E-state index contributed by atoms with van der Waals surface area (Å²) in [5.74, 6) is -0.367. The number of phenolic OH excluding ortho intramolecular Hbond substituents is 1. The minimum absolute atomic E-state index is 0.0299. The van der Waals surface area contributed by atoms with Crippen LogP contribution < -0.4 is 15.8 Å². The Morgan fingerprint density at radius 1 is 1.39 bits per heavy atom. The Balaban J connectivity index is 1.29. The van der Waals surface area contributed by atoms with Crippen LogP contribution >= 0.6 is 0 Å². The Morgan fingerprint density at radius 3 is 2.94 bits per heavy atom. The number of carbonyl (C=O) groups is 1. The Hall–Kier alpha value is -3.01. The van der Waals surface area contributed by atoms with Gasteiger partial charge in [0, 0.05) is 24.6 Å². The normalized spacial score (nSPS) is 25.1. The van der Waals surface area contributed by atoms with E-state index in [0.29, 0.717) is 32.1 Å². The fourth-order valence-corrected chi connectivity index (χ4v) is 5.43. The monoisotopic (exact) mass is 457 g/mol. The minimum atomic E-state index is -0.904. The molecule has 1 aromatic heterocycles. The van der Waals surface area contributed by atoms with Gasteiger partial charge in [0.05, 0.1) is 38.3 Å². The highest BCUT2D eigenvalue weighted by Crippen LogP contribution is 2.37. The van der Waals surface area contributed by atoms with Crippen LogP contribution in [0.5, 0.6) is 11.5 Å². The zero-order valence-electron chi connectivity index (χ0n) is 18.8. The van der Waals surface area contributed by atoms with Crippen molar-refractivity contribution >= 4 is 34.8 Å². The molecule has 0 unspecified atom stereocenters. The van der Waals surface area contributed by atoms with Crippen molar-refractivity contribution in [3.05, 3.63) is 11.9 Å². The minimum Gasteiger partial charge on any atom is -0.502 e. The van der Waals surface area contributed by atoms with Crippen LogP contribution in [0, 0.1) is 11.7 Å². The molecule has 2 aliphatic heterocycles. The molecule has 1 aliphatic carbocycles. The van der Waals surface area contributed by atoms with E-state index in [0.717, 1.165) is 12.3 Å². The standard InChI is InChI=1S/C23H29FN6O3/c1-33-17-12-15-20(19(24)21(17)32)27-23(28-22(15)25)30-8-6-29(7-9-30)18(31)11-14-10-13-4-2-3-5-16(13)26-14/h8,12-14,16,26H,2-7,9-11H2,1H3,(H2-,25,27,28,32)/p+1/t13-,14+,16-/m0/s1. The van der Waals surface area contributed by atoms with Gasteiger partial charge in [0.15, 0.2) is 17.0 Å². The molecule has 2 aromatic rings. The predicted octanol–water partition coefficient (Wildman–Crippen LogP) is 1.93. The molecular formula is C23H30FN6O3+. The average molecular weight is 458 g/mol. The van der Waals surface area contributed by atoms with Crippen LogP contribution in [0.15, 0.2) is 6.07 Å². The number of rotatable bonds is 4. The summed E-state index contributed by atoms with van der Waals surface area (Å²) in [5.41, 5.74) is 5.98. The molecule has 0 spiro atoms. The van der Waals surface area contributed by atoms with E-state index in [9.17, 15) is 14.3 Å². The Morgan fingerprint density at radius 2 is 2.21 bits per heavy atom. The number of aromatic nitrogens is 2. The van der Waals surface area contributed by atoms with E-state index in [2.05, 4.69) is 15.3 Å². The van der Waals surface area contributed by atoms with Crippen LogP contribution in [-0.2, 0) is 4.79 Å². The average Bonchev–Trinajstić information content (AvgIpc) is 3.24. The first-order valence-electron chi connectivity index (χ1n) is 11.6. The van der Waals surface area contributed by atoms with E-state index in [4.69, 9.17) is 10.5 Å². The molecule has 9 nitrogen and oxygen atoms in total. The third kappa shape index (κ3) is 4.07. The van der Waals surface area contributed by atoms with Gasteiger partial charge in [0.1, 0.15) is 0 Å². The molecular weight excluding hydrogens is 427 g/mol. The lowest BCUT2D eigenvalue weighted by Gasteiger charge is -2.26. The maximum Gasteiger partial charge on any atom is 0.435 e. The number of nitrogens with one attached hydrogen (secondary N) is 1. The van der Waals surface area contributed by atoms with Gasteiger partial charge < -0.3 is 25.8 Å². The van der Waals surface area contributed by atoms with Crippen LogP contribution in [0.2, 0.25) is 0 Å². The molecule has 0 radical (unpaired) electrons. The highest BCUT2D eigenvalue weighted by Gasteiger charge is 2.36. The van der Waals surface area contributed by atoms with E-state index in [1.54, 1.807) is 4.58 Å². The number of nitrogen functional groups attached to an aromatic ring is 1. The number of hydrogen-bond acceptors (Lipinski definition) is 7. The van der Waals surface area contributed by atoms with E-state index < -0.39 is 11.6 Å². The molecule has 1 saturated heterocycles. The number of amides is 1. The number of fused-ring (bicyclic) bond motifs is 2. The maximum atomic E-state index is 14.7. The van der Waals surface area contributed by atoms with Gasteiger partial charge in [-0.2, -0.15) is 4.39 Å². The smallest absolute Gasteiger partial charge is 0.435 e. The molecule has 3 heterocycles. The fraction of sp³-hybridized carbons (Fsp3) is 0.565. The summed E-state index contributed by atoms with van der Waals surface area (Å²) in [6.07, 6.45) is 8.52. The van der Waals surface area contributed by atoms with Gasteiger partial charge in [-0.15, -0.1) is 0 Å². The van der Waals surface area contributed by atoms with Gasteiger partial charge in [0.25, 0.3) is 0 Å². The van der Waals surface area contributed by atoms with Crippen molar-refractivity contribution in [2.45, 2.75) is 50.6 Å². The molecule has 1 aromatic carbocycles. The van der Waals surface area contributed by atoms with E-state index >= 15 is 0 Å². The molecule has 4 N–H and O–H groups in total. The first kappa shape index (κ1) is 21.8. The maximum absolute atomic E-state index is 14.7. The highest BCUT2D eigenvalue weighted by molar-refractivity contribution is 5.92. The largest absolute Gasteiger partial charge is 0.502 e. The number of carbonyl (C=O) groups excluding carboxylic acids is 1. The molecule has 33 heavy (non-hydrogen) atoms. The van der Waals surface area contributed by atoms with Crippen molar-refractivity contribution in [2.24, 2.45) is 5.92 Å². The van der Waals surface area contributed by atoms with Gasteiger partial charge in [-0.1, -0.05) is 17.8 Å². The van der Waals surface area contributed by atoms with Crippen LogP contribution in [0.4, 0.5) is 16.2 Å². The van der Waals surface area contributed by atoms with Crippen LogP contribution in [0.25, 0.3) is 10.9 Å². The van der Waals surface area contributed by atoms with Crippen molar-refractivity contribution in [2.75, 3.05) is 32.5 Å². The van der Waals surface area contributed by atoms with Gasteiger partial charge in [-0.3, -0.25) is 4.79 Å². The Bertz CT molecular complexity index is 1110. The van der Waals surface area contributed by atoms with Gasteiger partial charge in [-0.25, -0.2) is 4.58 Å². The molecule has 1 amide bonds. The summed E-state index contributed by atoms with van der Waals surface area (Å²) in [6, 6.07) is 2.26. The molecule has 2 fully saturated rings. The Labute approximate surface area is 191 Å². The van der Waals surface area contributed by atoms with E-state index in [1.165, 1.54) is 38.9 Å².